The van der Waals surface area contributed by atoms with Crippen LogP contribution in [0.2, 0.25) is 0 Å². The van der Waals surface area contributed by atoms with E-state index in [2.05, 4.69) is 58.2 Å². The van der Waals surface area contributed by atoms with Gasteiger partial charge in [-0.05, 0) is 61.2 Å². The molecule has 6 heteroatoms. The highest BCUT2D eigenvalue weighted by Gasteiger charge is 2.16. The van der Waals surface area contributed by atoms with Crippen molar-refractivity contribution in [3.8, 4) is 11.5 Å². The molecule has 170 valence electrons. The van der Waals surface area contributed by atoms with Gasteiger partial charge in [0.15, 0.2) is 5.82 Å². The van der Waals surface area contributed by atoms with Crippen LogP contribution in [0.15, 0.2) is 67.7 Å². The van der Waals surface area contributed by atoms with Crippen molar-refractivity contribution >= 4 is 23.8 Å². The molecule has 4 heterocycles. The third-order valence-electron chi connectivity index (χ3n) is 5.65. The van der Waals surface area contributed by atoms with E-state index in [0.717, 1.165) is 50.8 Å². The maximum Gasteiger partial charge on any atom is 0.159 e. The number of H-pyrrole nitrogens is 2. The summed E-state index contributed by atoms with van der Waals surface area (Å²) in [4.78, 5) is 17.0. The van der Waals surface area contributed by atoms with Gasteiger partial charge in [0.2, 0.25) is 0 Å². The van der Waals surface area contributed by atoms with Crippen LogP contribution >= 0.6 is 0 Å². The summed E-state index contributed by atoms with van der Waals surface area (Å²) in [7, 11) is 0. The highest BCUT2D eigenvalue weighted by Crippen LogP contribution is 2.25. The Labute approximate surface area is 199 Å². The summed E-state index contributed by atoms with van der Waals surface area (Å²) in [5.74, 6) is 0.653. The van der Waals surface area contributed by atoms with Crippen molar-refractivity contribution in [1.82, 2.24) is 30.1 Å². The summed E-state index contributed by atoms with van der Waals surface area (Å²) < 4.78 is 0. The van der Waals surface area contributed by atoms with Crippen molar-refractivity contribution in [2.24, 2.45) is 0 Å². The van der Waals surface area contributed by atoms with Gasteiger partial charge in [-0.15, -0.1) is 0 Å². The molecule has 34 heavy (non-hydrogen) atoms. The Morgan fingerprint density at radius 2 is 2.03 bits per heavy atom. The highest BCUT2D eigenvalue weighted by molar-refractivity contribution is 5.79. The van der Waals surface area contributed by atoms with Crippen LogP contribution in [-0.2, 0) is 6.42 Å². The fourth-order valence-electron chi connectivity index (χ4n) is 3.67. The van der Waals surface area contributed by atoms with Gasteiger partial charge in [0.1, 0.15) is 5.69 Å². The largest absolute Gasteiger partial charge is 0.340 e. The maximum absolute atomic E-state index is 4.84. The van der Waals surface area contributed by atoms with E-state index in [0.29, 0.717) is 11.5 Å². The number of imidazole rings is 1. The Morgan fingerprint density at radius 1 is 1.18 bits per heavy atom. The highest BCUT2D eigenvalue weighted by atomic mass is 15.1. The van der Waals surface area contributed by atoms with Crippen molar-refractivity contribution in [2.45, 2.75) is 27.2 Å². The van der Waals surface area contributed by atoms with Gasteiger partial charge in [-0.2, -0.15) is 5.10 Å². The van der Waals surface area contributed by atoms with Crippen molar-refractivity contribution in [2.75, 3.05) is 0 Å². The second-order valence-corrected chi connectivity index (χ2v) is 8.01. The molecule has 0 spiro atoms. The zero-order valence-corrected chi connectivity index (χ0v) is 19.8. The minimum atomic E-state index is 0.653. The van der Waals surface area contributed by atoms with Crippen molar-refractivity contribution in [3.05, 3.63) is 106 Å². The molecule has 0 aromatic carbocycles. The second-order valence-electron chi connectivity index (χ2n) is 8.01. The number of allylic oxidation sites excluding steroid dienone is 4. The summed E-state index contributed by atoms with van der Waals surface area (Å²) in [5, 5.41) is 9.18. The Bertz CT molecular complexity index is 1490. The molecule has 0 bridgehead atoms. The quantitative estimate of drug-likeness (QED) is 0.411. The van der Waals surface area contributed by atoms with Crippen LogP contribution in [-0.4, -0.2) is 30.1 Å². The van der Waals surface area contributed by atoms with Gasteiger partial charge >= 0.3 is 0 Å². The number of hydrogen-bond donors (Lipinski definition) is 2. The predicted octanol–water partition coefficient (Wildman–Crippen LogP) is 4.37. The minimum Gasteiger partial charge on any atom is -0.340 e. The molecule has 0 saturated heterocycles. The lowest BCUT2D eigenvalue weighted by atomic mass is 10.1. The third kappa shape index (κ3) is 4.71. The first-order chi connectivity index (χ1) is 16.5. The van der Waals surface area contributed by atoms with Crippen LogP contribution in [0.25, 0.3) is 35.3 Å². The Kier molecular flexibility index (Phi) is 6.78. The molecule has 0 unspecified atom stereocenters. The first-order valence-corrected chi connectivity index (χ1v) is 11.2. The van der Waals surface area contributed by atoms with E-state index in [1.54, 1.807) is 12.3 Å². The smallest absolute Gasteiger partial charge is 0.159 e. The monoisotopic (exact) mass is 448 g/mol. The molecule has 2 N–H and O–H groups in total. The average Bonchev–Trinajstić information content (AvgIpc) is 3.43. The Hall–Kier alpha value is -4.32. The van der Waals surface area contributed by atoms with Crippen LogP contribution in [0.1, 0.15) is 42.1 Å². The summed E-state index contributed by atoms with van der Waals surface area (Å²) in [6.07, 6.45) is 14.2. The number of rotatable bonds is 7. The zero-order valence-electron chi connectivity index (χ0n) is 19.8. The SMILES string of the molecule is C=C/C=C(/c1ccccn1)c1nc(-c2n[nH]/c(=C/C=C(\C)c3cncc(CC)c3)c2=C)[nH]c1C. The maximum atomic E-state index is 4.84. The molecule has 6 nitrogen and oxygen atoms in total. The molecule has 4 aromatic rings. The van der Waals surface area contributed by atoms with Crippen molar-refractivity contribution in [3.63, 3.8) is 0 Å². The number of aryl methyl sites for hydroxylation is 2. The van der Waals surface area contributed by atoms with Crippen molar-refractivity contribution in [1.29, 1.82) is 0 Å². The number of aromatic amines is 2. The van der Waals surface area contributed by atoms with E-state index in [1.165, 1.54) is 5.56 Å². The lowest BCUT2D eigenvalue weighted by Gasteiger charge is -2.04. The standard InChI is InChI=1S/C28H28N6/c1-6-10-23(25-11-8-9-14-30-25)27-20(5)31-28(32-27)26-19(4)24(33-34-26)13-12-18(3)22-15-21(7-2)16-29-17-22/h6,8-17,33H,1,4,7H2,2-3,5H3,(H,31,32)/b18-12+,23-10-,24-13+. The normalized spacial score (nSPS) is 12.9. The first-order valence-electron chi connectivity index (χ1n) is 11.2. The molecule has 0 amide bonds. The second kappa shape index (κ2) is 10.1. The zero-order chi connectivity index (χ0) is 24.1. The molecule has 4 rings (SSSR count). The molecule has 0 atom stereocenters. The fraction of sp³-hybridized carbons (Fsp3) is 0.143. The van der Waals surface area contributed by atoms with Crippen LogP contribution in [0.4, 0.5) is 0 Å². The summed E-state index contributed by atoms with van der Waals surface area (Å²) >= 11 is 0. The van der Waals surface area contributed by atoms with E-state index in [9.17, 15) is 0 Å². The number of hydrogen-bond acceptors (Lipinski definition) is 4. The van der Waals surface area contributed by atoms with E-state index in [-0.39, 0.29) is 0 Å². The topological polar surface area (TPSA) is 83.1 Å². The lowest BCUT2D eigenvalue weighted by Crippen LogP contribution is -2.21. The Balaban J connectivity index is 1.69. The average molecular weight is 449 g/mol. The number of aromatic nitrogens is 6. The lowest BCUT2D eigenvalue weighted by molar-refractivity contribution is 1.05. The van der Waals surface area contributed by atoms with Crippen LogP contribution in [0.5, 0.6) is 0 Å². The van der Waals surface area contributed by atoms with Gasteiger partial charge in [-0.3, -0.25) is 15.1 Å². The number of pyridine rings is 2. The predicted molar refractivity (Wildman–Crippen MR) is 139 cm³/mol. The van der Waals surface area contributed by atoms with Crippen molar-refractivity contribution < 1.29 is 0 Å². The van der Waals surface area contributed by atoms with Crippen LogP contribution < -0.4 is 10.6 Å². The first kappa shape index (κ1) is 22.9. The van der Waals surface area contributed by atoms with Gasteiger partial charge in [0.25, 0.3) is 0 Å². The molecular weight excluding hydrogens is 420 g/mol. The van der Waals surface area contributed by atoms with E-state index in [4.69, 9.17) is 4.98 Å². The molecule has 0 saturated carbocycles. The summed E-state index contributed by atoms with van der Waals surface area (Å²) in [6.45, 7) is 14.3. The molecule has 0 fully saturated rings. The van der Waals surface area contributed by atoms with E-state index < -0.39 is 0 Å². The summed E-state index contributed by atoms with van der Waals surface area (Å²) in [6, 6.07) is 7.97. The van der Waals surface area contributed by atoms with Crippen LogP contribution in [0.3, 0.4) is 0 Å². The Morgan fingerprint density at radius 3 is 2.76 bits per heavy atom. The van der Waals surface area contributed by atoms with Gasteiger partial charge in [-0.1, -0.05) is 44.4 Å². The minimum absolute atomic E-state index is 0.653. The van der Waals surface area contributed by atoms with E-state index in [1.807, 2.05) is 55.7 Å². The van der Waals surface area contributed by atoms with Gasteiger partial charge in [0, 0.05) is 35.1 Å². The molecule has 0 aliphatic carbocycles. The fourth-order valence-corrected chi connectivity index (χ4v) is 3.67. The molecule has 0 aliphatic heterocycles. The third-order valence-corrected chi connectivity index (χ3v) is 5.65. The number of nitrogens with zero attached hydrogens (tertiary/aromatic N) is 4. The van der Waals surface area contributed by atoms with Gasteiger partial charge < -0.3 is 4.98 Å². The molecule has 0 radical (unpaired) electrons. The van der Waals surface area contributed by atoms with Gasteiger partial charge in [-0.25, -0.2) is 4.98 Å². The van der Waals surface area contributed by atoms with E-state index >= 15 is 0 Å². The molecule has 0 aliphatic rings. The molecular formula is C28H28N6. The summed E-state index contributed by atoms with van der Waals surface area (Å²) in [5.41, 5.74) is 7.56. The van der Waals surface area contributed by atoms with Crippen LogP contribution in [0, 0.1) is 6.92 Å². The number of nitrogens with one attached hydrogen (secondary N) is 2. The molecule has 4 aromatic heterocycles. The van der Waals surface area contributed by atoms with Gasteiger partial charge in [0.05, 0.1) is 16.7 Å².